The number of methoxy groups -OCH3 is 2. The molecule has 6 nitrogen and oxygen atoms in total. The Morgan fingerprint density at radius 3 is 2.59 bits per heavy atom. The van der Waals surface area contributed by atoms with Crippen molar-refractivity contribution in [2.45, 2.75) is 13.3 Å². The van der Waals surface area contributed by atoms with Crippen LogP contribution in [0.5, 0.6) is 11.5 Å². The Morgan fingerprint density at radius 2 is 1.89 bits per heavy atom. The summed E-state index contributed by atoms with van der Waals surface area (Å²) < 4.78 is 10.5. The second-order valence-corrected chi connectivity index (χ2v) is 5.84. The fourth-order valence-electron chi connectivity index (χ4n) is 2.55. The molecule has 1 amide bonds. The fourth-order valence-corrected chi connectivity index (χ4v) is 2.55. The SMILES string of the molecule is COc1ccccc1CCN/C=C(/C#N)C(=O)Nc1cc(C)ccc1OC. The average Bonchev–Trinajstić information content (AvgIpc) is 2.68. The van der Waals surface area contributed by atoms with Gasteiger partial charge >= 0.3 is 0 Å². The minimum Gasteiger partial charge on any atom is -0.496 e. The predicted molar refractivity (Wildman–Crippen MR) is 105 cm³/mol. The highest BCUT2D eigenvalue weighted by atomic mass is 16.5. The summed E-state index contributed by atoms with van der Waals surface area (Å²) in [4.78, 5) is 12.4. The monoisotopic (exact) mass is 365 g/mol. The maximum absolute atomic E-state index is 12.4. The Kier molecular flexibility index (Phi) is 7.26. The summed E-state index contributed by atoms with van der Waals surface area (Å²) in [5, 5.41) is 15.0. The highest BCUT2D eigenvalue weighted by molar-refractivity contribution is 6.07. The molecule has 2 aromatic carbocycles. The Balaban J connectivity index is 1.98. The van der Waals surface area contributed by atoms with E-state index in [0.717, 1.165) is 16.9 Å². The van der Waals surface area contributed by atoms with Crippen LogP contribution in [0.3, 0.4) is 0 Å². The van der Waals surface area contributed by atoms with E-state index in [4.69, 9.17) is 9.47 Å². The van der Waals surface area contributed by atoms with Gasteiger partial charge < -0.3 is 20.1 Å². The van der Waals surface area contributed by atoms with Gasteiger partial charge in [0.15, 0.2) is 0 Å². The molecule has 6 heteroatoms. The Labute approximate surface area is 159 Å². The van der Waals surface area contributed by atoms with Gasteiger partial charge in [-0.05, 0) is 42.7 Å². The molecule has 2 aromatic rings. The van der Waals surface area contributed by atoms with Crippen molar-refractivity contribution in [1.29, 1.82) is 5.26 Å². The molecule has 0 spiro atoms. The average molecular weight is 365 g/mol. The maximum atomic E-state index is 12.4. The van der Waals surface area contributed by atoms with E-state index in [1.165, 1.54) is 13.3 Å². The van der Waals surface area contributed by atoms with Crippen molar-refractivity contribution in [3.05, 3.63) is 65.4 Å². The van der Waals surface area contributed by atoms with Crippen molar-refractivity contribution in [3.8, 4) is 17.6 Å². The van der Waals surface area contributed by atoms with E-state index in [9.17, 15) is 10.1 Å². The van der Waals surface area contributed by atoms with Crippen LogP contribution in [0.15, 0.2) is 54.2 Å². The van der Waals surface area contributed by atoms with Crippen LogP contribution in [-0.4, -0.2) is 26.7 Å². The molecule has 0 aromatic heterocycles. The van der Waals surface area contributed by atoms with Gasteiger partial charge in [0.1, 0.15) is 23.1 Å². The van der Waals surface area contributed by atoms with Gasteiger partial charge in [-0.3, -0.25) is 4.79 Å². The molecule has 0 atom stereocenters. The predicted octanol–water partition coefficient (Wildman–Crippen LogP) is 3.19. The van der Waals surface area contributed by atoms with Crippen molar-refractivity contribution in [1.82, 2.24) is 5.32 Å². The molecule has 0 aliphatic heterocycles. The van der Waals surface area contributed by atoms with E-state index in [0.29, 0.717) is 24.4 Å². The minimum absolute atomic E-state index is 0.0152. The van der Waals surface area contributed by atoms with E-state index in [2.05, 4.69) is 10.6 Å². The van der Waals surface area contributed by atoms with Gasteiger partial charge in [0, 0.05) is 12.7 Å². The molecule has 0 heterocycles. The third-order valence-electron chi connectivity index (χ3n) is 3.95. The van der Waals surface area contributed by atoms with Crippen LogP contribution in [0.25, 0.3) is 0 Å². The lowest BCUT2D eigenvalue weighted by atomic mass is 10.1. The number of nitriles is 1. The highest BCUT2D eigenvalue weighted by Gasteiger charge is 2.12. The molecule has 0 bridgehead atoms. The quantitative estimate of drug-likeness (QED) is 0.426. The number of para-hydroxylation sites is 1. The highest BCUT2D eigenvalue weighted by Crippen LogP contribution is 2.25. The summed E-state index contributed by atoms with van der Waals surface area (Å²) in [6.07, 6.45) is 2.12. The van der Waals surface area contributed by atoms with Gasteiger partial charge in [0.2, 0.25) is 0 Å². The molecule has 0 saturated heterocycles. The van der Waals surface area contributed by atoms with Gasteiger partial charge in [0.25, 0.3) is 5.91 Å². The molecule has 0 radical (unpaired) electrons. The number of hydrogen-bond donors (Lipinski definition) is 2. The number of benzene rings is 2. The number of ether oxygens (including phenoxy) is 2. The normalized spacial score (nSPS) is 10.7. The number of carbonyl (C=O) groups excluding carboxylic acids is 1. The number of nitrogens with one attached hydrogen (secondary N) is 2. The van der Waals surface area contributed by atoms with Crippen LogP contribution in [-0.2, 0) is 11.2 Å². The van der Waals surface area contributed by atoms with Crippen LogP contribution in [0.2, 0.25) is 0 Å². The third kappa shape index (κ3) is 5.51. The molecule has 2 rings (SSSR count). The van der Waals surface area contributed by atoms with E-state index in [-0.39, 0.29) is 5.57 Å². The summed E-state index contributed by atoms with van der Waals surface area (Å²) in [5.41, 5.74) is 2.54. The summed E-state index contributed by atoms with van der Waals surface area (Å²) >= 11 is 0. The lowest BCUT2D eigenvalue weighted by Gasteiger charge is -2.11. The zero-order chi connectivity index (χ0) is 19.6. The number of anilines is 1. The molecule has 0 aliphatic carbocycles. The topological polar surface area (TPSA) is 83.4 Å². The minimum atomic E-state index is -0.494. The zero-order valence-corrected chi connectivity index (χ0v) is 15.7. The summed E-state index contributed by atoms with van der Waals surface area (Å²) in [5.74, 6) is 0.856. The summed E-state index contributed by atoms with van der Waals surface area (Å²) in [6, 6.07) is 15.1. The van der Waals surface area contributed by atoms with E-state index < -0.39 is 5.91 Å². The van der Waals surface area contributed by atoms with Crippen LogP contribution < -0.4 is 20.1 Å². The molecular formula is C21H23N3O3. The number of rotatable bonds is 8. The number of amides is 1. The third-order valence-corrected chi connectivity index (χ3v) is 3.95. The largest absolute Gasteiger partial charge is 0.496 e. The second kappa shape index (κ2) is 9.88. The lowest BCUT2D eigenvalue weighted by molar-refractivity contribution is -0.112. The van der Waals surface area contributed by atoms with Crippen molar-refractivity contribution < 1.29 is 14.3 Å². The van der Waals surface area contributed by atoms with Gasteiger partial charge in [-0.1, -0.05) is 24.3 Å². The van der Waals surface area contributed by atoms with Gasteiger partial charge in [0.05, 0.1) is 19.9 Å². The van der Waals surface area contributed by atoms with E-state index >= 15 is 0 Å². The van der Waals surface area contributed by atoms with Crippen LogP contribution in [0.4, 0.5) is 5.69 Å². The van der Waals surface area contributed by atoms with Crippen molar-refractivity contribution in [2.24, 2.45) is 0 Å². The molecule has 0 saturated carbocycles. The summed E-state index contributed by atoms with van der Waals surface area (Å²) in [7, 11) is 3.16. The fraction of sp³-hybridized carbons (Fsp3) is 0.238. The van der Waals surface area contributed by atoms with Crippen LogP contribution in [0.1, 0.15) is 11.1 Å². The van der Waals surface area contributed by atoms with Crippen molar-refractivity contribution >= 4 is 11.6 Å². The summed E-state index contributed by atoms with van der Waals surface area (Å²) in [6.45, 7) is 2.47. The first-order valence-corrected chi connectivity index (χ1v) is 8.50. The number of aryl methyl sites for hydroxylation is 1. The number of carbonyl (C=O) groups is 1. The van der Waals surface area contributed by atoms with Crippen LogP contribution in [0, 0.1) is 18.3 Å². The molecule has 27 heavy (non-hydrogen) atoms. The Morgan fingerprint density at radius 1 is 1.15 bits per heavy atom. The zero-order valence-electron chi connectivity index (χ0n) is 15.7. The maximum Gasteiger partial charge on any atom is 0.267 e. The Hall–Kier alpha value is -3.46. The molecule has 0 unspecified atom stereocenters. The van der Waals surface area contributed by atoms with Crippen molar-refractivity contribution in [2.75, 3.05) is 26.1 Å². The standard InChI is InChI=1S/C21H23N3O3/c1-15-8-9-20(27-3)18(12-15)24-21(25)17(13-22)14-23-11-10-16-6-4-5-7-19(16)26-2/h4-9,12,14,23H,10-11H2,1-3H3,(H,24,25)/b17-14-. The van der Waals surface area contributed by atoms with Gasteiger partial charge in [-0.2, -0.15) is 5.26 Å². The second-order valence-electron chi connectivity index (χ2n) is 5.84. The smallest absolute Gasteiger partial charge is 0.267 e. The van der Waals surface area contributed by atoms with Gasteiger partial charge in [-0.15, -0.1) is 0 Å². The Bertz CT molecular complexity index is 869. The number of hydrogen-bond acceptors (Lipinski definition) is 5. The lowest BCUT2D eigenvalue weighted by Crippen LogP contribution is -2.18. The van der Waals surface area contributed by atoms with Gasteiger partial charge in [-0.25, -0.2) is 0 Å². The van der Waals surface area contributed by atoms with Crippen molar-refractivity contribution in [3.63, 3.8) is 0 Å². The first kappa shape index (κ1) is 19.9. The first-order chi connectivity index (χ1) is 13.1. The van der Waals surface area contributed by atoms with Crippen LogP contribution >= 0.6 is 0 Å². The molecule has 2 N–H and O–H groups in total. The van der Waals surface area contributed by atoms with E-state index in [1.807, 2.05) is 43.3 Å². The first-order valence-electron chi connectivity index (χ1n) is 8.50. The molecule has 0 fully saturated rings. The number of nitrogens with zero attached hydrogens (tertiary/aromatic N) is 1. The molecule has 140 valence electrons. The molecular weight excluding hydrogens is 342 g/mol. The molecule has 0 aliphatic rings. The van der Waals surface area contributed by atoms with E-state index in [1.54, 1.807) is 19.2 Å².